The summed E-state index contributed by atoms with van der Waals surface area (Å²) in [6.45, 7) is 4.25. The van der Waals surface area contributed by atoms with Crippen molar-refractivity contribution in [3.05, 3.63) is 84.2 Å². The normalized spacial score (nSPS) is 11.0. The highest BCUT2D eigenvalue weighted by molar-refractivity contribution is 5.84. The highest BCUT2D eigenvalue weighted by Gasteiger charge is 2.06. The summed E-state index contributed by atoms with van der Waals surface area (Å²) in [4.78, 5) is 4.88. The lowest BCUT2D eigenvalue weighted by Crippen LogP contribution is -1.95. The predicted octanol–water partition coefficient (Wildman–Crippen LogP) is 5.31. The second-order valence-electron chi connectivity index (χ2n) is 5.99. The van der Waals surface area contributed by atoms with E-state index in [2.05, 4.69) is 79.3 Å². The van der Waals surface area contributed by atoms with E-state index in [0.717, 1.165) is 16.8 Å². The van der Waals surface area contributed by atoms with Crippen LogP contribution in [0.5, 0.6) is 0 Å². The topological polar surface area (TPSA) is 17.8 Å². The van der Waals surface area contributed by atoms with Gasteiger partial charge in [-0.25, -0.2) is 4.98 Å². The van der Waals surface area contributed by atoms with Gasteiger partial charge in [0, 0.05) is 29.0 Å². The third kappa shape index (κ3) is 2.53. The first kappa shape index (κ1) is 13.8. The van der Waals surface area contributed by atoms with E-state index in [-0.39, 0.29) is 0 Å². The van der Waals surface area contributed by atoms with Crippen molar-refractivity contribution in [1.82, 2.24) is 9.55 Å². The SMILES string of the molecule is Cc1cccc(-c2ccc3cc(C)c(-n4cccc4)cc3n2)c1. The molecular weight excluding hydrogens is 280 g/mol. The third-order valence-corrected chi connectivity index (χ3v) is 4.20. The maximum Gasteiger partial charge on any atom is 0.0730 e. The Morgan fingerprint density at radius 2 is 1.65 bits per heavy atom. The Balaban J connectivity index is 1.89. The molecule has 23 heavy (non-hydrogen) atoms. The molecule has 4 aromatic rings. The van der Waals surface area contributed by atoms with Gasteiger partial charge in [-0.3, -0.25) is 0 Å². The lowest BCUT2D eigenvalue weighted by molar-refractivity contribution is 1.06. The van der Waals surface area contributed by atoms with Crippen LogP contribution in [-0.2, 0) is 0 Å². The first-order valence-electron chi connectivity index (χ1n) is 7.82. The van der Waals surface area contributed by atoms with E-state index >= 15 is 0 Å². The molecule has 0 aliphatic carbocycles. The average Bonchev–Trinajstić information content (AvgIpc) is 3.08. The molecule has 0 saturated carbocycles. The minimum atomic E-state index is 1.02. The van der Waals surface area contributed by atoms with E-state index in [1.54, 1.807) is 0 Å². The number of aromatic nitrogens is 2. The Morgan fingerprint density at radius 1 is 0.826 bits per heavy atom. The number of nitrogens with zero attached hydrogens (tertiary/aromatic N) is 2. The Kier molecular flexibility index (Phi) is 3.23. The molecule has 4 rings (SSSR count). The molecule has 0 bridgehead atoms. The lowest BCUT2D eigenvalue weighted by atomic mass is 10.1. The van der Waals surface area contributed by atoms with Gasteiger partial charge < -0.3 is 4.57 Å². The summed E-state index contributed by atoms with van der Waals surface area (Å²) in [7, 11) is 0. The van der Waals surface area contributed by atoms with Crippen molar-refractivity contribution in [3.63, 3.8) is 0 Å². The lowest BCUT2D eigenvalue weighted by Gasteiger charge is -2.10. The van der Waals surface area contributed by atoms with Crippen LogP contribution < -0.4 is 0 Å². The largest absolute Gasteiger partial charge is 0.324 e. The maximum absolute atomic E-state index is 4.88. The first-order valence-corrected chi connectivity index (χ1v) is 7.82. The highest BCUT2D eigenvalue weighted by Crippen LogP contribution is 2.25. The molecule has 2 heterocycles. The smallest absolute Gasteiger partial charge is 0.0730 e. The number of aryl methyl sites for hydroxylation is 2. The molecular formula is C21H18N2. The summed E-state index contributed by atoms with van der Waals surface area (Å²) in [5.41, 5.74) is 6.88. The Labute approximate surface area is 136 Å². The fourth-order valence-corrected chi connectivity index (χ4v) is 3.01. The molecule has 0 amide bonds. The van der Waals surface area contributed by atoms with Gasteiger partial charge in [0.15, 0.2) is 0 Å². The van der Waals surface area contributed by atoms with Crippen LogP contribution in [0.25, 0.3) is 27.8 Å². The average molecular weight is 298 g/mol. The zero-order valence-corrected chi connectivity index (χ0v) is 13.3. The Morgan fingerprint density at radius 3 is 2.43 bits per heavy atom. The van der Waals surface area contributed by atoms with Gasteiger partial charge in [-0.2, -0.15) is 0 Å². The molecule has 0 N–H and O–H groups in total. The number of hydrogen-bond donors (Lipinski definition) is 0. The number of pyridine rings is 1. The van der Waals surface area contributed by atoms with E-state index in [1.807, 2.05) is 12.1 Å². The van der Waals surface area contributed by atoms with Crippen LogP contribution >= 0.6 is 0 Å². The first-order chi connectivity index (χ1) is 11.2. The molecule has 2 nitrogen and oxygen atoms in total. The molecule has 0 atom stereocenters. The zero-order chi connectivity index (χ0) is 15.8. The molecule has 2 aromatic heterocycles. The van der Waals surface area contributed by atoms with Gasteiger partial charge in [0.05, 0.1) is 11.2 Å². The van der Waals surface area contributed by atoms with Crippen LogP contribution in [0.1, 0.15) is 11.1 Å². The summed E-state index contributed by atoms with van der Waals surface area (Å²) in [5.74, 6) is 0. The van der Waals surface area contributed by atoms with Gasteiger partial charge in [-0.15, -0.1) is 0 Å². The van der Waals surface area contributed by atoms with E-state index in [9.17, 15) is 0 Å². The number of rotatable bonds is 2. The van der Waals surface area contributed by atoms with Crippen LogP contribution in [0.2, 0.25) is 0 Å². The fraction of sp³-hybridized carbons (Fsp3) is 0.0952. The van der Waals surface area contributed by atoms with Gasteiger partial charge in [0.1, 0.15) is 0 Å². The van der Waals surface area contributed by atoms with E-state index < -0.39 is 0 Å². The van der Waals surface area contributed by atoms with E-state index in [0.29, 0.717) is 0 Å². The van der Waals surface area contributed by atoms with Crippen molar-refractivity contribution in [2.75, 3.05) is 0 Å². The van der Waals surface area contributed by atoms with Gasteiger partial charge in [0.2, 0.25) is 0 Å². The third-order valence-electron chi connectivity index (χ3n) is 4.20. The summed E-state index contributed by atoms with van der Waals surface area (Å²) in [5, 5.41) is 1.18. The molecule has 0 aliphatic heterocycles. The van der Waals surface area contributed by atoms with Crippen molar-refractivity contribution in [2.45, 2.75) is 13.8 Å². The number of fused-ring (bicyclic) bond motifs is 1. The van der Waals surface area contributed by atoms with Gasteiger partial charge in [-0.1, -0.05) is 29.8 Å². The molecule has 0 aliphatic rings. The highest BCUT2D eigenvalue weighted by atomic mass is 14.9. The maximum atomic E-state index is 4.88. The van der Waals surface area contributed by atoms with Gasteiger partial charge in [0.25, 0.3) is 0 Å². The summed E-state index contributed by atoms with van der Waals surface area (Å²) < 4.78 is 2.13. The van der Waals surface area contributed by atoms with Crippen LogP contribution in [-0.4, -0.2) is 9.55 Å². The minimum absolute atomic E-state index is 1.02. The van der Waals surface area contributed by atoms with Crippen molar-refractivity contribution in [3.8, 4) is 16.9 Å². The summed E-state index contributed by atoms with van der Waals surface area (Å²) in [6.07, 6.45) is 4.14. The molecule has 0 radical (unpaired) electrons. The van der Waals surface area contributed by atoms with Crippen molar-refractivity contribution < 1.29 is 0 Å². The van der Waals surface area contributed by atoms with Crippen molar-refractivity contribution >= 4 is 10.9 Å². The van der Waals surface area contributed by atoms with Crippen LogP contribution in [0.3, 0.4) is 0 Å². The van der Waals surface area contributed by atoms with Gasteiger partial charge in [-0.05, 0) is 55.8 Å². The summed E-state index contributed by atoms with van der Waals surface area (Å²) in [6, 6.07) is 21.2. The van der Waals surface area contributed by atoms with Crippen LogP contribution in [0, 0.1) is 13.8 Å². The standard InChI is InChI=1S/C21H18N2/c1-15-6-5-7-17(12-15)19-9-8-18-13-16(2)21(14-20(18)22-19)23-10-3-4-11-23/h3-14H,1-2H3. The van der Waals surface area contributed by atoms with E-state index in [4.69, 9.17) is 4.98 Å². The van der Waals surface area contributed by atoms with Gasteiger partial charge >= 0.3 is 0 Å². The van der Waals surface area contributed by atoms with Crippen molar-refractivity contribution in [1.29, 1.82) is 0 Å². The monoisotopic (exact) mass is 298 g/mol. The molecule has 0 unspecified atom stereocenters. The Bertz CT molecular complexity index is 982. The molecule has 2 heteroatoms. The molecule has 0 saturated heterocycles. The fourth-order valence-electron chi connectivity index (χ4n) is 3.01. The Hall–Kier alpha value is -2.87. The number of hydrogen-bond acceptors (Lipinski definition) is 1. The summed E-state index contributed by atoms with van der Waals surface area (Å²) >= 11 is 0. The quantitative estimate of drug-likeness (QED) is 0.490. The minimum Gasteiger partial charge on any atom is -0.324 e. The predicted molar refractivity (Wildman–Crippen MR) is 96.0 cm³/mol. The molecule has 0 fully saturated rings. The molecule has 2 aromatic carbocycles. The molecule has 112 valence electrons. The second kappa shape index (κ2) is 5.40. The van der Waals surface area contributed by atoms with Crippen molar-refractivity contribution in [2.24, 2.45) is 0 Å². The van der Waals surface area contributed by atoms with Crippen LogP contribution in [0.15, 0.2) is 73.1 Å². The second-order valence-corrected chi connectivity index (χ2v) is 5.99. The molecule has 0 spiro atoms. The van der Waals surface area contributed by atoms with E-state index in [1.165, 1.54) is 22.2 Å². The number of benzene rings is 2. The zero-order valence-electron chi connectivity index (χ0n) is 13.3. The van der Waals surface area contributed by atoms with Crippen LogP contribution in [0.4, 0.5) is 0 Å².